The van der Waals surface area contributed by atoms with E-state index in [0.717, 1.165) is 19.4 Å². The van der Waals surface area contributed by atoms with Crippen LogP contribution in [0, 0.1) is 5.82 Å². The third-order valence-corrected chi connectivity index (χ3v) is 5.59. The van der Waals surface area contributed by atoms with Crippen LogP contribution < -0.4 is 9.64 Å². The highest BCUT2D eigenvalue weighted by Crippen LogP contribution is 2.39. The summed E-state index contributed by atoms with van der Waals surface area (Å²) in [4.78, 5) is 14.1. The number of carbonyl (C=O) groups excluding carboxylic acids is 1. The molecular formula is C22H23FNO3+. The minimum absolute atomic E-state index is 0.0867. The van der Waals surface area contributed by atoms with E-state index in [-0.39, 0.29) is 17.3 Å². The van der Waals surface area contributed by atoms with E-state index in [4.69, 9.17) is 4.74 Å². The number of carbonyl (C=O) groups is 1. The first-order valence-electron chi connectivity index (χ1n) is 9.43. The Morgan fingerprint density at radius 2 is 2.07 bits per heavy atom. The highest BCUT2D eigenvalue weighted by Gasteiger charge is 2.33. The number of hydrogen-bond donors (Lipinski definition) is 2. The van der Waals surface area contributed by atoms with E-state index < -0.39 is 5.82 Å². The largest absolute Gasteiger partial charge is 0.507 e. The van der Waals surface area contributed by atoms with Crippen LogP contribution in [0.5, 0.6) is 11.5 Å². The summed E-state index contributed by atoms with van der Waals surface area (Å²) in [5.41, 5.74) is 1.38. The average Bonchev–Trinajstić information content (AvgIpc) is 2.97. The number of rotatable bonds is 3. The van der Waals surface area contributed by atoms with Gasteiger partial charge in [-0.25, -0.2) is 4.39 Å². The van der Waals surface area contributed by atoms with Gasteiger partial charge >= 0.3 is 0 Å². The molecule has 0 amide bonds. The first kappa shape index (κ1) is 17.7. The monoisotopic (exact) mass is 368 g/mol. The zero-order valence-electron chi connectivity index (χ0n) is 15.3. The van der Waals surface area contributed by atoms with Crippen molar-refractivity contribution in [3.63, 3.8) is 0 Å². The Morgan fingerprint density at radius 3 is 2.85 bits per heavy atom. The molecular weight excluding hydrogens is 345 g/mol. The van der Waals surface area contributed by atoms with Gasteiger partial charge in [-0.1, -0.05) is 18.2 Å². The van der Waals surface area contributed by atoms with Crippen LogP contribution in [0.25, 0.3) is 6.08 Å². The SMILES string of the molecule is C[C@@H]1CCCC[NH+]1Cc1c(O)ccc2c1O/C(=C\c1ccccc1F)C2=O. The van der Waals surface area contributed by atoms with E-state index in [0.29, 0.717) is 35.0 Å². The summed E-state index contributed by atoms with van der Waals surface area (Å²) in [5, 5.41) is 10.4. The number of likely N-dealkylation sites (tertiary alicyclic amines) is 1. The number of hydrogen-bond acceptors (Lipinski definition) is 3. The lowest BCUT2D eigenvalue weighted by Crippen LogP contribution is -3.14. The fraction of sp³-hybridized carbons (Fsp3) is 0.318. The standard InChI is InChI=1S/C22H22FNO3/c1-14-6-4-5-11-24(14)13-17-19(25)10-9-16-21(26)20(27-22(16)17)12-15-7-2-3-8-18(15)23/h2-3,7-10,12,14,25H,4-6,11,13H2,1H3/p+1/b20-12-/t14-/m1/s1. The predicted molar refractivity (Wildman–Crippen MR) is 100 cm³/mol. The van der Waals surface area contributed by atoms with Gasteiger partial charge in [0.05, 0.1) is 23.7 Å². The third kappa shape index (κ3) is 3.35. The number of halogens is 1. The molecule has 1 fully saturated rings. The molecule has 27 heavy (non-hydrogen) atoms. The Kier molecular flexibility index (Phi) is 4.70. The number of allylic oxidation sites excluding steroid dienone is 1. The van der Waals surface area contributed by atoms with Gasteiger partial charge in [0, 0.05) is 5.56 Å². The molecule has 1 unspecified atom stereocenters. The summed E-state index contributed by atoms with van der Waals surface area (Å²) in [6.45, 7) is 3.86. The van der Waals surface area contributed by atoms with E-state index in [2.05, 4.69) is 6.92 Å². The summed E-state index contributed by atoms with van der Waals surface area (Å²) in [6.07, 6.45) is 4.97. The van der Waals surface area contributed by atoms with Crippen molar-refractivity contribution in [3.05, 3.63) is 64.7 Å². The van der Waals surface area contributed by atoms with Gasteiger partial charge in [0.1, 0.15) is 18.1 Å². The van der Waals surface area contributed by atoms with E-state index in [1.54, 1.807) is 30.3 Å². The number of aromatic hydroxyl groups is 1. The number of benzene rings is 2. The van der Waals surface area contributed by atoms with Crippen molar-refractivity contribution in [3.8, 4) is 11.5 Å². The van der Waals surface area contributed by atoms with Gasteiger partial charge in [-0.2, -0.15) is 0 Å². The Labute approximate surface area is 157 Å². The van der Waals surface area contributed by atoms with Crippen molar-refractivity contribution in [1.82, 2.24) is 0 Å². The minimum atomic E-state index is -0.410. The molecule has 2 heterocycles. The number of phenols is 1. The number of ketones is 1. The fourth-order valence-corrected chi connectivity index (χ4v) is 3.94. The van der Waals surface area contributed by atoms with Crippen LogP contribution in [0.1, 0.15) is 47.7 Å². The molecule has 0 radical (unpaired) electrons. The highest BCUT2D eigenvalue weighted by atomic mass is 19.1. The zero-order valence-corrected chi connectivity index (χ0v) is 15.3. The molecule has 1 saturated heterocycles. The van der Waals surface area contributed by atoms with Crippen LogP contribution in [0.4, 0.5) is 4.39 Å². The van der Waals surface area contributed by atoms with Gasteiger partial charge < -0.3 is 14.7 Å². The molecule has 0 saturated carbocycles. The Hall–Kier alpha value is -2.66. The maximum absolute atomic E-state index is 13.9. The van der Waals surface area contributed by atoms with Crippen molar-refractivity contribution in [1.29, 1.82) is 0 Å². The maximum Gasteiger partial charge on any atom is 0.231 e. The second-order valence-corrected chi connectivity index (χ2v) is 7.38. The molecule has 0 aromatic heterocycles. The molecule has 0 aliphatic carbocycles. The van der Waals surface area contributed by atoms with Crippen LogP contribution in [0.3, 0.4) is 0 Å². The highest BCUT2D eigenvalue weighted by molar-refractivity contribution is 6.15. The van der Waals surface area contributed by atoms with Gasteiger partial charge in [0.2, 0.25) is 5.78 Å². The van der Waals surface area contributed by atoms with Crippen LogP contribution in [0.2, 0.25) is 0 Å². The molecule has 2 atom stereocenters. The van der Waals surface area contributed by atoms with E-state index in [1.165, 1.54) is 23.5 Å². The van der Waals surface area contributed by atoms with E-state index in [9.17, 15) is 14.3 Å². The summed E-state index contributed by atoms with van der Waals surface area (Å²) in [5.74, 6) is -0.0568. The van der Waals surface area contributed by atoms with Gasteiger partial charge in [-0.15, -0.1) is 0 Å². The molecule has 2 aromatic rings. The quantitative estimate of drug-likeness (QED) is 0.819. The molecule has 4 rings (SSSR count). The van der Waals surface area contributed by atoms with Crippen molar-refractivity contribution in [2.75, 3.05) is 6.54 Å². The lowest BCUT2D eigenvalue weighted by atomic mass is 10.0. The average molecular weight is 368 g/mol. The number of ether oxygens (including phenoxy) is 1. The molecule has 2 aliphatic rings. The van der Waals surface area contributed by atoms with Gasteiger partial charge in [0.25, 0.3) is 0 Å². The zero-order chi connectivity index (χ0) is 19.0. The van der Waals surface area contributed by atoms with Gasteiger partial charge in [-0.05, 0) is 50.5 Å². The summed E-state index contributed by atoms with van der Waals surface area (Å²) < 4.78 is 19.8. The molecule has 140 valence electrons. The maximum atomic E-state index is 13.9. The molecule has 4 nitrogen and oxygen atoms in total. The topological polar surface area (TPSA) is 51.0 Å². The molecule has 0 spiro atoms. The second kappa shape index (κ2) is 7.16. The molecule has 2 aliphatic heterocycles. The second-order valence-electron chi connectivity index (χ2n) is 7.38. The van der Waals surface area contributed by atoms with Crippen molar-refractivity contribution < 1.29 is 23.9 Å². The van der Waals surface area contributed by atoms with E-state index in [1.807, 2.05) is 0 Å². The summed E-state index contributed by atoms with van der Waals surface area (Å²) in [6, 6.07) is 9.88. The number of quaternary nitrogens is 1. The first-order chi connectivity index (χ1) is 13.0. The van der Waals surface area contributed by atoms with Crippen molar-refractivity contribution in [2.24, 2.45) is 0 Å². The summed E-state index contributed by atoms with van der Waals surface area (Å²) in [7, 11) is 0. The number of fused-ring (bicyclic) bond motifs is 1. The molecule has 5 heteroatoms. The van der Waals surface area contributed by atoms with Gasteiger partial charge in [-0.3, -0.25) is 4.79 Å². The lowest BCUT2D eigenvalue weighted by Gasteiger charge is -2.30. The van der Waals surface area contributed by atoms with Crippen LogP contribution in [-0.4, -0.2) is 23.5 Å². The van der Waals surface area contributed by atoms with Crippen LogP contribution >= 0.6 is 0 Å². The molecule has 2 aromatic carbocycles. The Balaban J connectivity index is 1.68. The Morgan fingerprint density at radius 1 is 1.26 bits per heavy atom. The number of piperidine rings is 1. The Bertz CT molecular complexity index is 922. The third-order valence-electron chi connectivity index (χ3n) is 5.59. The molecule has 2 N–H and O–H groups in total. The normalized spacial score (nSPS) is 23.3. The molecule has 0 bridgehead atoms. The van der Waals surface area contributed by atoms with Gasteiger partial charge in [0.15, 0.2) is 11.5 Å². The number of phenolic OH excluding ortho intramolecular Hbond substituents is 1. The van der Waals surface area contributed by atoms with E-state index >= 15 is 0 Å². The fourth-order valence-electron chi connectivity index (χ4n) is 3.94. The van der Waals surface area contributed by atoms with Crippen LogP contribution in [-0.2, 0) is 6.54 Å². The predicted octanol–water partition coefficient (Wildman–Crippen LogP) is 3.10. The lowest BCUT2D eigenvalue weighted by molar-refractivity contribution is -0.941. The van der Waals surface area contributed by atoms with Crippen molar-refractivity contribution >= 4 is 11.9 Å². The summed E-state index contributed by atoms with van der Waals surface area (Å²) >= 11 is 0. The number of Topliss-reactive ketones (excluding diaryl/α,β-unsaturated/α-hetero) is 1. The van der Waals surface area contributed by atoms with Crippen molar-refractivity contribution in [2.45, 2.75) is 38.8 Å². The minimum Gasteiger partial charge on any atom is -0.507 e. The number of nitrogens with one attached hydrogen (secondary N) is 1. The first-order valence-corrected chi connectivity index (χ1v) is 9.43. The van der Waals surface area contributed by atoms with Crippen LogP contribution in [0.15, 0.2) is 42.2 Å². The smallest absolute Gasteiger partial charge is 0.231 e.